The van der Waals surface area contributed by atoms with Crippen molar-refractivity contribution in [3.8, 4) is 0 Å². The topological polar surface area (TPSA) is 35.5 Å². The maximum Gasteiger partial charge on any atom is 0.0700 e. The van der Waals surface area contributed by atoms with Gasteiger partial charge in [0.15, 0.2) is 0 Å². The average molecular weight is 373 g/mol. The Labute approximate surface area is 153 Å². The van der Waals surface area contributed by atoms with Crippen LogP contribution in [0.5, 0.6) is 0 Å². The van der Waals surface area contributed by atoms with Crippen molar-refractivity contribution in [3.05, 3.63) is 0 Å². The fourth-order valence-corrected chi connectivity index (χ4v) is 9.88. The van der Waals surface area contributed by atoms with Crippen molar-refractivity contribution in [2.75, 3.05) is 31.3 Å². The van der Waals surface area contributed by atoms with E-state index in [0.29, 0.717) is 35.2 Å². The molecular weight excluding hydrogens is 340 g/mol. The second-order valence-electron chi connectivity index (χ2n) is 9.11. The van der Waals surface area contributed by atoms with E-state index in [4.69, 9.17) is 9.47 Å². The Kier molecular flexibility index (Phi) is 4.64. The number of thioether (sulfide) groups is 1. The molecule has 0 radical (unpaired) electrons. The lowest BCUT2D eigenvalue weighted by Crippen LogP contribution is -2.38. The molecule has 4 aliphatic rings. The lowest BCUT2D eigenvalue weighted by Gasteiger charge is -2.37. The summed E-state index contributed by atoms with van der Waals surface area (Å²) in [6.45, 7) is 12.0. The molecule has 3 nitrogen and oxygen atoms in total. The molecule has 0 amide bonds. The van der Waals surface area contributed by atoms with E-state index in [1.54, 1.807) is 0 Å². The minimum Gasteiger partial charge on any atom is -0.380 e. The molecule has 4 fully saturated rings. The van der Waals surface area contributed by atoms with Crippen molar-refractivity contribution < 1.29 is 13.7 Å². The molecule has 0 saturated carbocycles. The minimum absolute atomic E-state index is 0.144. The van der Waals surface area contributed by atoms with Gasteiger partial charge in [-0.15, -0.1) is 0 Å². The molecule has 4 rings (SSSR count). The Balaban J connectivity index is 1.46. The van der Waals surface area contributed by atoms with Crippen LogP contribution in [0.2, 0.25) is 0 Å². The van der Waals surface area contributed by atoms with Crippen LogP contribution in [0.15, 0.2) is 0 Å². The molecule has 4 aliphatic heterocycles. The molecule has 0 N–H and O–H groups in total. The summed E-state index contributed by atoms with van der Waals surface area (Å²) in [5, 5.41) is 0.947. The smallest absolute Gasteiger partial charge is 0.0700 e. The van der Waals surface area contributed by atoms with Gasteiger partial charge in [0.05, 0.1) is 31.2 Å². The van der Waals surface area contributed by atoms with Crippen molar-refractivity contribution >= 4 is 22.6 Å². The van der Waals surface area contributed by atoms with Crippen LogP contribution in [-0.2, 0) is 20.3 Å². The molecule has 138 valence electrons. The molecule has 4 saturated heterocycles. The van der Waals surface area contributed by atoms with Gasteiger partial charge in [0.1, 0.15) is 0 Å². The van der Waals surface area contributed by atoms with Crippen LogP contribution in [0, 0.1) is 28.6 Å². The molecule has 9 atom stereocenters. The maximum atomic E-state index is 12.5. The molecule has 0 aromatic rings. The highest BCUT2D eigenvalue weighted by atomic mass is 32.2. The van der Waals surface area contributed by atoms with Gasteiger partial charge in [-0.1, -0.05) is 27.7 Å². The molecule has 0 bridgehead atoms. The Morgan fingerprint density at radius 3 is 2.79 bits per heavy atom. The zero-order valence-corrected chi connectivity index (χ0v) is 17.1. The average Bonchev–Trinajstić information content (AvgIpc) is 3.28. The van der Waals surface area contributed by atoms with Gasteiger partial charge in [0.2, 0.25) is 0 Å². The first kappa shape index (κ1) is 17.8. The van der Waals surface area contributed by atoms with E-state index < -0.39 is 10.8 Å². The van der Waals surface area contributed by atoms with Crippen LogP contribution in [0.3, 0.4) is 0 Å². The third-order valence-electron chi connectivity index (χ3n) is 7.94. The van der Waals surface area contributed by atoms with Gasteiger partial charge in [-0.3, -0.25) is 4.21 Å². The number of fused-ring (bicyclic) bond motifs is 2. The van der Waals surface area contributed by atoms with E-state index in [2.05, 4.69) is 39.5 Å². The third-order valence-corrected chi connectivity index (χ3v) is 11.8. The van der Waals surface area contributed by atoms with Gasteiger partial charge in [0.25, 0.3) is 0 Å². The summed E-state index contributed by atoms with van der Waals surface area (Å²) in [4.78, 5) is 0. The Morgan fingerprint density at radius 1 is 1.25 bits per heavy atom. The van der Waals surface area contributed by atoms with Gasteiger partial charge in [-0.25, -0.2) is 0 Å². The predicted molar refractivity (Wildman–Crippen MR) is 101 cm³/mol. The van der Waals surface area contributed by atoms with Gasteiger partial charge in [-0.05, 0) is 35.3 Å². The van der Waals surface area contributed by atoms with Crippen molar-refractivity contribution in [1.29, 1.82) is 0 Å². The van der Waals surface area contributed by atoms with Crippen LogP contribution in [0.25, 0.3) is 0 Å². The minimum atomic E-state index is -0.711. The molecule has 0 aromatic carbocycles. The van der Waals surface area contributed by atoms with Gasteiger partial charge in [-0.2, -0.15) is 11.8 Å². The van der Waals surface area contributed by atoms with E-state index in [-0.39, 0.29) is 10.7 Å². The summed E-state index contributed by atoms with van der Waals surface area (Å²) < 4.78 is 24.5. The zero-order valence-electron chi connectivity index (χ0n) is 15.5. The first-order chi connectivity index (χ1) is 11.4. The molecule has 4 heterocycles. The standard InChI is InChI=1S/C19H32O3S2/c1-5-18(3)10-23-17-14(18)8-22-15(17)6-12(2)19(4)11-24(20)16-9-21-7-13(16)19/h12-17H,5-11H2,1-4H3. The second-order valence-corrected chi connectivity index (χ2v) is 11.9. The van der Waals surface area contributed by atoms with E-state index in [9.17, 15) is 4.21 Å². The number of ether oxygens (including phenoxy) is 2. The molecule has 9 unspecified atom stereocenters. The number of rotatable bonds is 4. The highest BCUT2D eigenvalue weighted by molar-refractivity contribution is 8.00. The van der Waals surface area contributed by atoms with Crippen LogP contribution >= 0.6 is 11.8 Å². The van der Waals surface area contributed by atoms with E-state index in [1.807, 2.05) is 0 Å². The maximum absolute atomic E-state index is 12.5. The Hall–Kier alpha value is 0.420. The molecule has 24 heavy (non-hydrogen) atoms. The summed E-state index contributed by atoms with van der Waals surface area (Å²) in [7, 11) is -0.711. The quantitative estimate of drug-likeness (QED) is 0.758. The SMILES string of the molecule is CCC1(C)CSC2C(CC(C)C3(C)CS(=O)C4COCC43)OCC21. The van der Waals surface area contributed by atoms with E-state index >= 15 is 0 Å². The summed E-state index contributed by atoms with van der Waals surface area (Å²) in [5.41, 5.74) is 0.598. The van der Waals surface area contributed by atoms with Gasteiger partial charge >= 0.3 is 0 Å². The van der Waals surface area contributed by atoms with Crippen LogP contribution < -0.4 is 0 Å². The fraction of sp³-hybridized carbons (Fsp3) is 1.00. The first-order valence-electron chi connectivity index (χ1n) is 9.57. The van der Waals surface area contributed by atoms with Crippen molar-refractivity contribution in [2.45, 2.75) is 57.1 Å². The summed E-state index contributed by atoms with van der Waals surface area (Å²) >= 11 is 2.15. The highest BCUT2D eigenvalue weighted by Crippen LogP contribution is 2.55. The lowest BCUT2D eigenvalue weighted by molar-refractivity contribution is 0.0434. The van der Waals surface area contributed by atoms with Crippen molar-refractivity contribution in [1.82, 2.24) is 0 Å². The lowest BCUT2D eigenvalue weighted by atomic mass is 9.67. The van der Waals surface area contributed by atoms with E-state index in [1.165, 1.54) is 12.2 Å². The summed E-state index contributed by atoms with van der Waals surface area (Å²) in [5.74, 6) is 3.87. The summed E-state index contributed by atoms with van der Waals surface area (Å²) in [6, 6.07) is 0. The Morgan fingerprint density at radius 2 is 2.04 bits per heavy atom. The Bertz CT molecular complexity index is 527. The third kappa shape index (κ3) is 2.56. The predicted octanol–water partition coefficient (Wildman–Crippen LogP) is 3.34. The second kappa shape index (κ2) is 6.24. The molecular formula is C19H32O3S2. The van der Waals surface area contributed by atoms with Crippen LogP contribution in [0.1, 0.15) is 40.5 Å². The van der Waals surface area contributed by atoms with Crippen molar-refractivity contribution in [3.63, 3.8) is 0 Å². The fourth-order valence-electron chi connectivity index (χ4n) is 5.51. The molecule has 0 aromatic heterocycles. The number of hydrogen-bond acceptors (Lipinski definition) is 4. The molecule has 0 aliphatic carbocycles. The van der Waals surface area contributed by atoms with E-state index in [0.717, 1.165) is 31.3 Å². The molecule has 5 heteroatoms. The van der Waals surface area contributed by atoms with Crippen LogP contribution in [-0.4, -0.2) is 52.1 Å². The van der Waals surface area contributed by atoms with Gasteiger partial charge < -0.3 is 9.47 Å². The summed E-state index contributed by atoms with van der Waals surface area (Å²) in [6.07, 6.45) is 2.75. The van der Waals surface area contributed by atoms with Crippen LogP contribution in [0.4, 0.5) is 0 Å². The first-order valence-corrected chi connectivity index (χ1v) is 12.0. The monoisotopic (exact) mass is 372 g/mol. The zero-order chi connectivity index (χ0) is 17.1. The molecule has 0 spiro atoms. The largest absolute Gasteiger partial charge is 0.380 e. The number of hydrogen-bond donors (Lipinski definition) is 0. The normalized spacial score (nSPS) is 54.8. The highest BCUT2D eigenvalue weighted by Gasteiger charge is 2.57. The van der Waals surface area contributed by atoms with Gasteiger partial charge in [0, 0.05) is 33.6 Å². The van der Waals surface area contributed by atoms with Crippen molar-refractivity contribution in [2.24, 2.45) is 28.6 Å².